The number of ether oxygens (including phenoxy) is 1. The summed E-state index contributed by atoms with van der Waals surface area (Å²) in [7, 11) is 0. The second-order valence-corrected chi connectivity index (χ2v) is 16.3. The molecule has 0 N–H and O–H groups in total. The van der Waals surface area contributed by atoms with Gasteiger partial charge in [-0.25, -0.2) is 15.0 Å². The second-order valence-electron chi connectivity index (χ2n) is 16.3. The fourth-order valence-corrected chi connectivity index (χ4v) is 10.0. The Balaban J connectivity index is 0.977. The van der Waals surface area contributed by atoms with Crippen LogP contribution in [0.4, 0.5) is 0 Å². The van der Waals surface area contributed by atoms with E-state index in [1.54, 1.807) is 0 Å². The molecule has 59 heavy (non-hydrogen) atoms. The fraction of sp³-hybridized carbons (Fsp3) is 0.0727. The summed E-state index contributed by atoms with van der Waals surface area (Å²) in [6.07, 6.45) is 0. The molecule has 0 saturated heterocycles. The first kappa shape index (κ1) is 33.7. The minimum atomic E-state index is -0.508. The van der Waals surface area contributed by atoms with Gasteiger partial charge in [-0.1, -0.05) is 172 Å². The van der Waals surface area contributed by atoms with E-state index in [1.807, 2.05) is 36.4 Å². The molecule has 4 heteroatoms. The van der Waals surface area contributed by atoms with Gasteiger partial charge < -0.3 is 4.74 Å². The standard InChI is InChI=1S/C55H37N3O/c1-54(2)46-31-36(37-26-29-42-39-19-9-10-20-43(39)55(48(42)32-37)44-21-11-13-23-49(44)59-50-24-14-12-22-45(50)55)25-28-40(46)41-30-27-38(33-47(41)54)53-57-51(34-15-5-3-6-16-34)56-52(58-53)35-17-7-4-8-18-35/h3-33H,1-2H3. The Morgan fingerprint density at radius 1 is 0.322 bits per heavy atom. The SMILES string of the molecule is CC1(C)c2cc(-c3ccc4c(c3)C3(c5ccccc5Oc5ccccc53)c3ccccc3-4)ccc2-c2ccc(-c3nc(-c4ccccc4)nc(-c4ccccc4)n3)cc21. The Labute approximate surface area is 343 Å². The highest BCUT2D eigenvalue weighted by Gasteiger charge is 2.51. The number of hydrogen-bond acceptors (Lipinski definition) is 4. The van der Waals surface area contributed by atoms with E-state index in [4.69, 9.17) is 19.7 Å². The normalized spacial score (nSPS) is 14.3. The van der Waals surface area contributed by atoms with Gasteiger partial charge >= 0.3 is 0 Å². The van der Waals surface area contributed by atoms with Gasteiger partial charge in [-0.2, -0.15) is 0 Å². The summed E-state index contributed by atoms with van der Waals surface area (Å²) in [6, 6.07) is 67.2. The molecule has 12 rings (SSSR count). The van der Waals surface area contributed by atoms with Gasteiger partial charge in [-0.05, 0) is 86.0 Å². The Morgan fingerprint density at radius 3 is 1.27 bits per heavy atom. The van der Waals surface area contributed by atoms with Gasteiger partial charge in [0.05, 0.1) is 5.41 Å². The second kappa shape index (κ2) is 12.5. The van der Waals surface area contributed by atoms with Gasteiger partial charge in [0.15, 0.2) is 17.5 Å². The first-order chi connectivity index (χ1) is 29.0. The van der Waals surface area contributed by atoms with E-state index in [-0.39, 0.29) is 5.41 Å². The number of fused-ring (bicyclic) bond motifs is 12. The minimum Gasteiger partial charge on any atom is -0.457 e. The van der Waals surface area contributed by atoms with Crippen LogP contribution in [0.3, 0.4) is 0 Å². The average Bonchev–Trinajstić information content (AvgIpc) is 3.71. The molecule has 0 saturated carbocycles. The molecule has 0 atom stereocenters. The van der Waals surface area contributed by atoms with Crippen molar-refractivity contribution in [3.63, 3.8) is 0 Å². The van der Waals surface area contributed by atoms with Crippen molar-refractivity contribution in [2.45, 2.75) is 24.7 Å². The molecule has 2 heterocycles. The predicted molar refractivity (Wildman–Crippen MR) is 237 cm³/mol. The molecular weight excluding hydrogens is 719 g/mol. The van der Waals surface area contributed by atoms with Crippen molar-refractivity contribution >= 4 is 0 Å². The van der Waals surface area contributed by atoms with Crippen molar-refractivity contribution in [1.82, 2.24) is 15.0 Å². The van der Waals surface area contributed by atoms with Crippen LogP contribution in [0, 0.1) is 0 Å². The topological polar surface area (TPSA) is 47.9 Å². The summed E-state index contributed by atoms with van der Waals surface area (Å²) in [6.45, 7) is 4.68. The molecule has 1 spiro atoms. The number of nitrogens with zero attached hydrogens (tertiary/aromatic N) is 3. The highest BCUT2D eigenvalue weighted by Crippen LogP contribution is 2.62. The van der Waals surface area contributed by atoms with Crippen LogP contribution in [0.5, 0.6) is 11.5 Å². The number of hydrogen-bond donors (Lipinski definition) is 0. The van der Waals surface area contributed by atoms with Gasteiger partial charge in [-0.3, -0.25) is 0 Å². The van der Waals surface area contributed by atoms with Crippen LogP contribution in [0.2, 0.25) is 0 Å². The molecule has 2 aliphatic carbocycles. The van der Waals surface area contributed by atoms with Crippen LogP contribution in [0.15, 0.2) is 188 Å². The highest BCUT2D eigenvalue weighted by molar-refractivity contribution is 5.91. The summed E-state index contributed by atoms with van der Waals surface area (Å²) in [5.41, 5.74) is 17.1. The third kappa shape index (κ3) is 4.87. The van der Waals surface area contributed by atoms with Crippen LogP contribution >= 0.6 is 0 Å². The molecule has 0 unspecified atom stereocenters. The molecule has 3 aliphatic rings. The van der Waals surface area contributed by atoms with Gasteiger partial charge in [0, 0.05) is 33.2 Å². The maximum atomic E-state index is 6.59. The van der Waals surface area contributed by atoms with Crippen molar-refractivity contribution in [2.24, 2.45) is 0 Å². The van der Waals surface area contributed by atoms with E-state index in [1.165, 1.54) is 66.8 Å². The van der Waals surface area contributed by atoms with Gasteiger partial charge in [0.1, 0.15) is 11.5 Å². The largest absolute Gasteiger partial charge is 0.457 e. The molecule has 9 aromatic rings. The summed E-state index contributed by atoms with van der Waals surface area (Å²) in [5, 5.41) is 0. The van der Waals surface area contributed by atoms with Gasteiger partial charge in [-0.15, -0.1) is 0 Å². The molecule has 4 nitrogen and oxygen atoms in total. The van der Waals surface area contributed by atoms with E-state index < -0.39 is 5.41 Å². The lowest BCUT2D eigenvalue weighted by atomic mass is 9.66. The fourth-order valence-electron chi connectivity index (χ4n) is 10.0. The maximum Gasteiger partial charge on any atom is 0.164 e. The van der Waals surface area contributed by atoms with E-state index in [2.05, 4.69) is 166 Å². The lowest BCUT2D eigenvalue weighted by molar-refractivity contribution is 0.436. The van der Waals surface area contributed by atoms with Crippen LogP contribution < -0.4 is 4.74 Å². The van der Waals surface area contributed by atoms with Crippen LogP contribution in [-0.4, -0.2) is 15.0 Å². The Bertz CT molecular complexity index is 3070. The summed E-state index contributed by atoms with van der Waals surface area (Å²) < 4.78 is 6.59. The molecule has 0 amide bonds. The van der Waals surface area contributed by atoms with Crippen molar-refractivity contribution in [1.29, 1.82) is 0 Å². The van der Waals surface area contributed by atoms with E-state index in [0.717, 1.165) is 28.2 Å². The average molecular weight is 756 g/mol. The third-order valence-corrected chi connectivity index (χ3v) is 12.8. The van der Waals surface area contributed by atoms with Crippen molar-refractivity contribution in [3.05, 3.63) is 221 Å². The zero-order chi connectivity index (χ0) is 39.3. The van der Waals surface area contributed by atoms with E-state index in [9.17, 15) is 0 Å². The Morgan fingerprint density at radius 2 is 0.712 bits per heavy atom. The summed E-state index contributed by atoms with van der Waals surface area (Å²) in [5.74, 6) is 3.79. The zero-order valence-electron chi connectivity index (χ0n) is 32.6. The van der Waals surface area contributed by atoms with E-state index in [0.29, 0.717) is 17.5 Å². The minimum absolute atomic E-state index is 0.263. The molecule has 0 bridgehead atoms. The molecule has 0 fully saturated rings. The van der Waals surface area contributed by atoms with Crippen LogP contribution in [0.25, 0.3) is 67.5 Å². The van der Waals surface area contributed by atoms with Crippen LogP contribution in [-0.2, 0) is 10.8 Å². The van der Waals surface area contributed by atoms with Crippen molar-refractivity contribution < 1.29 is 4.74 Å². The molecule has 8 aromatic carbocycles. The lowest BCUT2D eigenvalue weighted by Gasteiger charge is -2.39. The number of benzene rings is 8. The molecule has 278 valence electrons. The Kier molecular flexibility index (Phi) is 7.16. The number of para-hydroxylation sites is 2. The van der Waals surface area contributed by atoms with Gasteiger partial charge in [0.25, 0.3) is 0 Å². The predicted octanol–water partition coefficient (Wildman–Crippen LogP) is 13.3. The van der Waals surface area contributed by atoms with Crippen molar-refractivity contribution in [3.8, 4) is 79.0 Å². The monoisotopic (exact) mass is 755 g/mol. The quantitative estimate of drug-likeness (QED) is 0.179. The smallest absolute Gasteiger partial charge is 0.164 e. The third-order valence-electron chi connectivity index (χ3n) is 12.8. The first-order valence-electron chi connectivity index (χ1n) is 20.3. The molecule has 0 radical (unpaired) electrons. The molecule has 1 aromatic heterocycles. The molecular formula is C55H37N3O. The number of rotatable bonds is 4. The lowest BCUT2D eigenvalue weighted by Crippen LogP contribution is -2.32. The highest BCUT2D eigenvalue weighted by atomic mass is 16.5. The molecule has 1 aliphatic heterocycles. The number of aromatic nitrogens is 3. The Hall–Kier alpha value is -7.43. The zero-order valence-corrected chi connectivity index (χ0v) is 32.6. The van der Waals surface area contributed by atoms with Crippen molar-refractivity contribution in [2.75, 3.05) is 0 Å². The van der Waals surface area contributed by atoms with Crippen LogP contribution in [0.1, 0.15) is 47.2 Å². The van der Waals surface area contributed by atoms with E-state index >= 15 is 0 Å². The summed E-state index contributed by atoms with van der Waals surface area (Å²) in [4.78, 5) is 15.0. The van der Waals surface area contributed by atoms with Gasteiger partial charge in [0.2, 0.25) is 0 Å². The first-order valence-corrected chi connectivity index (χ1v) is 20.3. The maximum absolute atomic E-state index is 6.59. The summed E-state index contributed by atoms with van der Waals surface area (Å²) >= 11 is 0.